The molecule has 0 bridgehead atoms. The number of halogens is 1. The molecule has 0 amide bonds. The van der Waals surface area contributed by atoms with Gasteiger partial charge in [0, 0.05) is 0 Å². The van der Waals surface area contributed by atoms with Crippen LogP contribution in [0.1, 0.15) is 11.1 Å². The van der Waals surface area contributed by atoms with Crippen molar-refractivity contribution in [2.75, 3.05) is 0 Å². The fraction of sp³-hybridized carbons (Fsp3) is 0. The molecule has 0 atom stereocenters. The topological polar surface area (TPSA) is 25.8 Å². The molecule has 2 rings (SSSR count). The Balaban J connectivity index is 2.15. The molecule has 0 saturated heterocycles. The van der Waals surface area contributed by atoms with E-state index >= 15 is 0 Å². The van der Waals surface area contributed by atoms with Gasteiger partial charge >= 0.3 is 0 Å². The predicted octanol–water partition coefficient (Wildman–Crippen LogP) is 2.79. The van der Waals surface area contributed by atoms with Crippen molar-refractivity contribution in [1.29, 1.82) is 0 Å². The van der Waals surface area contributed by atoms with Gasteiger partial charge in [0.05, 0.1) is 12.4 Å². The summed E-state index contributed by atoms with van der Waals surface area (Å²) in [4.78, 5) is 0. The van der Waals surface area contributed by atoms with Crippen LogP contribution in [0.25, 0.3) is 12.2 Å². The molecule has 74 valence electrons. The van der Waals surface area contributed by atoms with Crippen LogP contribution in [0.5, 0.6) is 0 Å². The molecule has 0 fully saturated rings. The van der Waals surface area contributed by atoms with Crippen LogP contribution in [0, 0.1) is 5.82 Å². The Morgan fingerprint density at radius 2 is 1.60 bits per heavy atom. The quantitative estimate of drug-likeness (QED) is 0.744. The first kappa shape index (κ1) is 9.52. The molecule has 0 aliphatic carbocycles. The van der Waals surface area contributed by atoms with Gasteiger partial charge in [-0.2, -0.15) is 10.2 Å². The molecule has 0 aliphatic rings. The Morgan fingerprint density at radius 1 is 0.867 bits per heavy atom. The Kier molecular flexibility index (Phi) is 2.83. The second kappa shape index (κ2) is 4.46. The number of nitrogens with zero attached hydrogens (tertiary/aromatic N) is 2. The minimum absolute atomic E-state index is 0.224. The van der Waals surface area contributed by atoms with E-state index in [2.05, 4.69) is 10.2 Å². The highest BCUT2D eigenvalue weighted by molar-refractivity contribution is 5.68. The SMILES string of the molecule is Fc1ccc(/C=C/c2ccnnc2)cc1. The normalized spacial score (nSPS) is 10.7. The van der Waals surface area contributed by atoms with Gasteiger partial charge in [-0.15, -0.1) is 0 Å². The average Bonchev–Trinajstić information content (AvgIpc) is 2.30. The molecule has 15 heavy (non-hydrogen) atoms. The molecule has 1 heterocycles. The Morgan fingerprint density at radius 3 is 2.27 bits per heavy atom. The van der Waals surface area contributed by atoms with E-state index in [1.54, 1.807) is 24.5 Å². The molecule has 1 aromatic heterocycles. The predicted molar refractivity (Wildman–Crippen MR) is 57.4 cm³/mol. The van der Waals surface area contributed by atoms with Crippen molar-refractivity contribution in [1.82, 2.24) is 10.2 Å². The van der Waals surface area contributed by atoms with Crippen LogP contribution in [-0.2, 0) is 0 Å². The van der Waals surface area contributed by atoms with Crippen molar-refractivity contribution in [3.8, 4) is 0 Å². The minimum atomic E-state index is -0.224. The first-order valence-electron chi connectivity index (χ1n) is 4.55. The maximum absolute atomic E-state index is 12.6. The number of aromatic nitrogens is 2. The maximum atomic E-state index is 12.6. The van der Waals surface area contributed by atoms with Crippen LogP contribution in [0.3, 0.4) is 0 Å². The van der Waals surface area contributed by atoms with E-state index in [4.69, 9.17) is 0 Å². The van der Waals surface area contributed by atoms with E-state index in [-0.39, 0.29) is 5.82 Å². The lowest BCUT2D eigenvalue weighted by molar-refractivity contribution is 0.628. The van der Waals surface area contributed by atoms with Gasteiger partial charge in [-0.05, 0) is 29.3 Å². The monoisotopic (exact) mass is 200 g/mol. The first-order valence-corrected chi connectivity index (χ1v) is 4.55. The summed E-state index contributed by atoms with van der Waals surface area (Å²) in [5, 5.41) is 7.43. The van der Waals surface area contributed by atoms with Crippen LogP contribution in [0.2, 0.25) is 0 Å². The highest BCUT2D eigenvalue weighted by atomic mass is 19.1. The van der Waals surface area contributed by atoms with Crippen molar-refractivity contribution >= 4 is 12.2 Å². The van der Waals surface area contributed by atoms with Crippen molar-refractivity contribution < 1.29 is 4.39 Å². The average molecular weight is 200 g/mol. The molecule has 1 aromatic carbocycles. The number of hydrogen-bond acceptors (Lipinski definition) is 2. The highest BCUT2D eigenvalue weighted by Gasteiger charge is 1.89. The van der Waals surface area contributed by atoms with Gasteiger partial charge in [-0.3, -0.25) is 0 Å². The van der Waals surface area contributed by atoms with E-state index in [1.165, 1.54) is 12.1 Å². The largest absolute Gasteiger partial charge is 0.207 e. The van der Waals surface area contributed by atoms with Gasteiger partial charge in [0.2, 0.25) is 0 Å². The zero-order chi connectivity index (χ0) is 10.5. The first-order chi connectivity index (χ1) is 7.34. The third-order valence-electron chi connectivity index (χ3n) is 1.95. The lowest BCUT2D eigenvalue weighted by Crippen LogP contribution is -1.79. The van der Waals surface area contributed by atoms with Crippen LogP contribution >= 0.6 is 0 Å². The summed E-state index contributed by atoms with van der Waals surface area (Å²) < 4.78 is 12.6. The highest BCUT2D eigenvalue weighted by Crippen LogP contribution is 2.07. The van der Waals surface area contributed by atoms with E-state index in [0.29, 0.717) is 0 Å². The third-order valence-corrected chi connectivity index (χ3v) is 1.95. The lowest BCUT2D eigenvalue weighted by atomic mass is 10.2. The Labute approximate surface area is 87.1 Å². The molecule has 0 radical (unpaired) electrons. The fourth-order valence-corrected chi connectivity index (χ4v) is 1.17. The zero-order valence-electron chi connectivity index (χ0n) is 7.97. The van der Waals surface area contributed by atoms with Gasteiger partial charge in [0.25, 0.3) is 0 Å². The number of rotatable bonds is 2. The zero-order valence-corrected chi connectivity index (χ0v) is 7.97. The molecule has 2 aromatic rings. The van der Waals surface area contributed by atoms with Crippen LogP contribution in [-0.4, -0.2) is 10.2 Å². The van der Waals surface area contributed by atoms with Gasteiger partial charge in [-0.1, -0.05) is 24.3 Å². The summed E-state index contributed by atoms with van der Waals surface area (Å²) in [7, 11) is 0. The standard InChI is InChI=1S/C12H9FN2/c13-12-5-3-10(4-6-12)1-2-11-7-8-14-15-9-11/h1-9H/b2-1+. The maximum Gasteiger partial charge on any atom is 0.123 e. The van der Waals surface area contributed by atoms with E-state index < -0.39 is 0 Å². The van der Waals surface area contributed by atoms with Crippen molar-refractivity contribution in [3.63, 3.8) is 0 Å². The number of benzene rings is 1. The number of hydrogen-bond donors (Lipinski definition) is 0. The third kappa shape index (κ3) is 2.71. The van der Waals surface area contributed by atoms with E-state index in [9.17, 15) is 4.39 Å². The summed E-state index contributed by atoms with van der Waals surface area (Å²) in [6.07, 6.45) is 7.10. The Hall–Kier alpha value is -2.03. The second-order valence-corrected chi connectivity index (χ2v) is 3.06. The molecule has 3 heteroatoms. The summed E-state index contributed by atoms with van der Waals surface area (Å²) in [5.41, 5.74) is 1.92. The van der Waals surface area contributed by atoms with E-state index in [0.717, 1.165) is 11.1 Å². The van der Waals surface area contributed by atoms with Crippen molar-refractivity contribution in [3.05, 3.63) is 59.7 Å². The summed E-state index contributed by atoms with van der Waals surface area (Å²) in [6.45, 7) is 0. The Bertz CT molecular complexity index is 449. The molecular weight excluding hydrogens is 191 g/mol. The molecular formula is C12H9FN2. The molecule has 0 saturated carbocycles. The van der Waals surface area contributed by atoms with Gasteiger partial charge < -0.3 is 0 Å². The summed E-state index contributed by atoms with van der Waals surface area (Å²) in [5.74, 6) is -0.224. The van der Waals surface area contributed by atoms with E-state index in [1.807, 2.05) is 18.2 Å². The van der Waals surface area contributed by atoms with Gasteiger partial charge in [-0.25, -0.2) is 4.39 Å². The smallest absolute Gasteiger partial charge is 0.123 e. The second-order valence-electron chi connectivity index (χ2n) is 3.06. The van der Waals surface area contributed by atoms with Gasteiger partial charge in [0.15, 0.2) is 0 Å². The minimum Gasteiger partial charge on any atom is -0.207 e. The van der Waals surface area contributed by atoms with Crippen molar-refractivity contribution in [2.24, 2.45) is 0 Å². The summed E-state index contributed by atoms with van der Waals surface area (Å²) >= 11 is 0. The van der Waals surface area contributed by atoms with Crippen LogP contribution in [0.15, 0.2) is 42.7 Å². The molecule has 0 unspecified atom stereocenters. The molecule has 0 aliphatic heterocycles. The molecule has 0 spiro atoms. The molecule has 2 nitrogen and oxygen atoms in total. The summed E-state index contributed by atoms with van der Waals surface area (Å²) in [6, 6.07) is 8.17. The fourth-order valence-electron chi connectivity index (χ4n) is 1.17. The van der Waals surface area contributed by atoms with Gasteiger partial charge in [0.1, 0.15) is 5.82 Å². The van der Waals surface area contributed by atoms with Crippen molar-refractivity contribution in [2.45, 2.75) is 0 Å². The van der Waals surface area contributed by atoms with Crippen LogP contribution in [0.4, 0.5) is 4.39 Å². The van der Waals surface area contributed by atoms with Crippen LogP contribution < -0.4 is 0 Å². The lowest BCUT2D eigenvalue weighted by Gasteiger charge is -1.93. The molecule has 0 N–H and O–H groups in total.